The molecule has 1 saturated carbocycles. The van der Waals surface area contributed by atoms with Crippen LogP contribution in [0.25, 0.3) is 0 Å². The van der Waals surface area contributed by atoms with Crippen molar-refractivity contribution in [2.24, 2.45) is 0 Å². The van der Waals surface area contributed by atoms with E-state index in [4.69, 9.17) is 0 Å². The number of amides is 2. The second-order valence-electron chi connectivity index (χ2n) is 7.92. The van der Waals surface area contributed by atoms with Crippen LogP contribution in [0.15, 0.2) is 36.4 Å². The Bertz CT molecular complexity index is 837. The molecule has 170 valence electrons. The lowest BCUT2D eigenvalue weighted by Gasteiger charge is -2.15. The van der Waals surface area contributed by atoms with Crippen LogP contribution in [-0.2, 0) is 0 Å². The Morgan fingerprint density at radius 2 is 1.71 bits per heavy atom. The number of nitrogens with zero attached hydrogens (tertiary/aromatic N) is 1. The molecule has 0 unspecified atom stereocenters. The third kappa shape index (κ3) is 8.15. The molecule has 2 N–H and O–H groups in total. The van der Waals surface area contributed by atoms with Crippen LogP contribution in [0.3, 0.4) is 0 Å². The summed E-state index contributed by atoms with van der Waals surface area (Å²) in [6, 6.07) is 10.2. The van der Waals surface area contributed by atoms with Crippen molar-refractivity contribution >= 4 is 17.4 Å². The number of hydrogen-bond acceptors (Lipinski definition) is 3. The number of nitrogens with one attached hydrogen (secondary N) is 2. The molecule has 3 rings (SSSR count). The standard InChI is InChI=1S/C19H21F2N3O2.C5H12/c1-11(2)13-5-3-4-6-15(13)23-19(25)24-16-10-9-14(12-7-8-12)22-17(16)26-18(20)21;1-3-5-4-2/h3-6,9-12,18H,7-8H2,1-2H3,(H2,23,24,25);3-5H2,1-2H3. The van der Waals surface area contributed by atoms with E-state index in [1.165, 1.54) is 19.3 Å². The van der Waals surface area contributed by atoms with Gasteiger partial charge in [0.1, 0.15) is 5.69 Å². The maximum Gasteiger partial charge on any atom is 0.388 e. The van der Waals surface area contributed by atoms with Gasteiger partial charge in [-0.05, 0) is 42.5 Å². The molecule has 2 amide bonds. The zero-order valence-corrected chi connectivity index (χ0v) is 18.8. The van der Waals surface area contributed by atoms with E-state index in [0.29, 0.717) is 11.4 Å². The number of hydrogen-bond donors (Lipinski definition) is 2. The van der Waals surface area contributed by atoms with E-state index in [2.05, 4.69) is 34.2 Å². The highest BCUT2D eigenvalue weighted by Crippen LogP contribution is 2.40. The van der Waals surface area contributed by atoms with Crippen molar-refractivity contribution in [3.63, 3.8) is 0 Å². The van der Waals surface area contributed by atoms with Crippen LogP contribution in [0.2, 0.25) is 0 Å². The average molecular weight is 434 g/mol. The Morgan fingerprint density at radius 3 is 2.26 bits per heavy atom. The van der Waals surface area contributed by atoms with Gasteiger partial charge in [-0.15, -0.1) is 0 Å². The van der Waals surface area contributed by atoms with Crippen LogP contribution < -0.4 is 15.4 Å². The van der Waals surface area contributed by atoms with Crippen molar-refractivity contribution in [2.75, 3.05) is 10.6 Å². The van der Waals surface area contributed by atoms with Gasteiger partial charge in [0, 0.05) is 17.3 Å². The summed E-state index contributed by atoms with van der Waals surface area (Å²) in [5.41, 5.74) is 2.46. The van der Waals surface area contributed by atoms with Crippen molar-refractivity contribution in [3.8, 4) is 5.88 Å². The van der Waals surface area contributed by atoms with Crippen molar-refractivity contribution in [1.82, 2.24) is 4.98 Å². The zero-order chi connectivity index (χ0) is 22.8. The molecular formula is C24H33F2N3O2. The van der Waals surface area contributed by atoms with Gasteiger partial charge >= 0.3 is 12.6 Å². The summed E-state index contributed by atoms with van der Waals surface area (Å²) in [7, 11) is 0. The fourth-order valence-electron chi connectivity index (χ4n) is 3.07. The summed E-state index contributed by atoms with van der Waals surface area (Å²) < 4.78 is 29.9. The van der Waals surface area contributed by atoms with Crippen molar-refractivity contribution < 1.29 is 18.3 Å². The van der Waals surface area contributed by atoms with Crippen LogP contribution in [0.4, 0.5) is 25.0 Å². The second kappa shape index (κ2) is 12.2. The number of carbonyl (C=O) groups is 1. The van der Waals surface area contributed by atoms with Crippen LogP contribution in [0, 0.1) is 0 Å². The summed E-state index contributed by atoms with van der Waals surface area (Å²) in [5.74, 6) is 0.247. The molecule has 1 heterocycles. The van der Waals surface area contributed by atoms with Crippen LogP contribution in [0.5, 0.6) is 5.88 Å². The number of halogens is 2. The Hall–Kier alpha value is -2.70. The minimum absolute atomic E-state index is 0.106. The summed E-state index contributed by atoms with van der Waals surface area (Å²) in [6.45, 7) is 5.45. The number of unbranched alkanes of at least 4 members (excludes halogenated alkanes) is 2. The number of alkyl halides is 2. The molecule has 0 aliphatic heterocycles. The van der Waals surface area contributed by atoms with E-state index in [-0.39, 0.29) is 23.4 Å². The lowest BCUT2D eigenvalue weighted by atomic mass is 10.0. The summed E-state index contributed by atoms with van der Waals surface area (Å²) in [5, 5.41) is 5.30. The molecule has 1 aromatic carbocycles. The van der Waals surface area contributed by atoms with Gasteiger partial charge in [-0.2, -0.15) is 8.78 Å². The van der Waals surface area contributed by atoms with Crippen molar-refractivity contribution in [3.05, 3.63) is 47.7 Å². The lowest BCUT2D eigenvalue weighted by molar-refractivity contribution is -0.0524. The molecule has 0 spiro atoms. The molecule has 1 aromatic heterocycles. The maximum atomic E-state index is 12.7. The quantitative estimate of drug-likeness (QED) is 0.452. The lowest BCUT2D eigenvalue weighted by Crippen LogP contribution is -2.21. The molecule has 1 fully saturated rings. The van der Waals surface area contributed by atoms with E-state index in [1.54, 1.807) is 18.2 Å². The third-order valence-electron chi connectivity index (χ3n) is 4.86. The molecule has 31 heavy (non-hydrogen) atoms. The minimum atomic E-state index is -3.01. The Kier molecular flexibility index (Phi) is 9.69. The molecule has 1 aliphatic rings. The first-order valence-electron chi connectivity index (χ1n) is 11.0. The summed E-state index contributed by atoms with van der Waals surface area (Å²) in [4.78, 5) is 16.5. The highest BCUT2D eigenvalue weighted by Gasteiger charge is 2.26. The van der Waals surface area contributed by atoms with Crippen LogP contribution in [0.1, 0.15) is 82.9 Å². The number of urea groups is 1. The molecule has 2 aromatic rings. The number of ether oxygens (including phenoxy) is 1. The smallest absolute Gasteiger partial charge is 0.388 e. The molecule has 7 heteroatoms. The molecule has 0 atom stereocenters. The fraction of sp³-hybridized carbons (Fsp3) is 0.500. The van der Waals surface area contributed by atoms with Gasteiger partial charge in [0.05, 0.1) is 0 Å². The van der Waals surface area contributed by atoms with Crippen molar-refractivity contribution in [2.45, 2.75) is 78.2 Å². The summed E-state index contributed by atoms with van der Waals surface area (Å²) >= 11 is 0. The third-order valence-corrected chi connectivity index (χ3v) is 4.86. The number of benzene rings is 1. The first-order valence-corrected chi connectivity index (χ1v) is 11.0. The largest absolute Gasteiger partial charge is 0.415 e. The molecule has 0 bridgehead atoms. The van der Waals surface area contributed by atoms with Crippen molar-refractivity contribution in [1.29, 1.82) is 0 Å². The highest BCUT2D eigenvalue weighted by molar-refractivity contribution is 6.01. The maximum absolute atomic E-state index is 12.7. The van der Waals surface area contributed by atoms with E-state index in [1.807, 2.05) is 32.0 Å². The molecule has 0 radical (unpaired) electrons. The number of anilines is 2. The molecule has 1 aliphatic carbocycles. The zero-order valence-electron chi connectivity index (χ0n) is 18.8. The van der Waals surface area contributed by atoms with Gasteiger partial charge in [0.2, 0.25) is 5.88 Å². The predicted molar refractivity (Wildman–Crippen MR) is 121 cm³/mol. The molecular weight excluding hydrogens is 400 g/mol. The number of pyridine rings is 1. The monoisotopic (exact) mass is 433 g/mol. The molecule has 5 nitrogen and oxygen atoms in total. The topological polar surface area (TPSA) is 63.2 Å². The van der Waals surface area contributed by atoms with Gasteiger partial charge in [0.15, 0.2) is 0 Å². The van der Waals surface area contributed by atoms with Crippen LogP contribution in [-0.4, -0.2) is 17.6 Å². The van der Waals surface area contributed by atoms with Gasteiger partial charge < -0.3 is 15.4 Å². The van der Waals surface area contributed by atoms with Gasteiger partial charge in [-0.25, -0.2) is 9.78 Å². The SMILES string of the molecule is CC(C)c1ccccc1NC(=O)Nc1ccc(C2CC2)nc1OC(F)F.CCCCC. The number of rotatable bonds is 8. The average Bonchev–Trinajstić information content (AvgIpc) is 3.55. The first-order chi connectivity index (χ1) is 14.8. The first kappa shape index (κ1) is 24.6. The minimum Gasteiger partial charge on any atom is -0.415 e. The van der Waals surface area contributed by atoms with E-state index in [0.717, 1.165) is 18.4 Å². The number of para-hydroxylation sites is 1. The van der Waals surface area contributed by atoms with E-state index < -0.39 is 12.6 Å². The summed E-state index contributed by atoms with van der Waals surface area (Å²) in [6.07, 6.45) is 6.05. The van der Waals surface area contributed by atoms with Gasteiger partial charge in [0.25, 0.3) is 0 Å². The van der Waals surface area contributed by atoms with E-state index >= 15 is 0 Å². The van der Waals surface area contributed by atoms with Gasteiger partial charge in [-0.1, -0.05) is 65.2 Å². The Labute approximate surface area is 183 Å². The Balaban J connectivity index is 0.000000614. The molecule has 0 saturated heterocycles. The van der Waals surface area contributed by atoms with Gasteiger partial charge in [-0.3, -0.25) is 0 Å². The Morgan fingerprint density at radius 1 is 1.06 bits per heavy atom. The van der Waals surface area contributed by atoms with E-state index in [9.17, 15) is 13.6 Å². The fourth-order valence-corrected chi connectivity index (χ4v) is 3.07. The number of carbonyl (C=O) groups excluding carboxylic acids is 1. The normalized spacial score (nSPS) is 12.9. The number of aromatic nitrogens is 1. The second-order valence-corrected chi connectivity index (χ2v) is 7.92. The predicted octanol–water partition coefficient (Wildman–Crippen LogP) is 7.52. The highest BCUT2D eigenvalue weighted by atomic mass is 19.3. The van der Waals surface area contributed by atoms with Crippen LogP contribution >= 0.6 is 0 Å².